The Morgan fingerprint density at radius 2 is 1.93 bits per heavy atom. The van der Waals surface area contributed by atoms with Crippen LogP contribution in [0.1, 0.15) is 15.9 Å². The van der Waals surface area contributed by atoms with Gasteiger partial charge >= 0.3 is 7.60 Å². The molecular formula is C26H29FN5O8PS. The van der Waals surface area contributed by atoms with E-state index in [1.807, 2.05) is 0 Å². The van der Waals surface area contributed by atoms with Gasteiger partial charge in [-0.25, -0.2) is 9.37 Å². The van der Waals surface area contributed by atoms with Crippen molar-refractivity contribution in [2.75, 3.05) is 45.3 Å². The standard InChI is InChI=1S/C26H29FN5O8PS/c1-36-20-7-6-18(13-21(20)37-2)25(34)42-11-10-39-41(35,40-14-17-4-3-5-19(27)12-17)16-38-9-8-32-15-29-22-23(32)30-26(28)31-24(22)33/h3-7,12-13,15H,8-11,14,16H2,1-2H3,(H3,28,30,31,33). The number of halogens is 1. The zero-order valence-corrected chi connectivity index (χ0v) is 24.5. The van der Waals surface area contributed by atoms with Gasteiger partial charge in [-0.2, -0.15) is 4.98 Å². The van der Waals surface area contributed by atoms with Gasteiger partial charge in [0.05, 0.1) is 40.4 Å². The fourth-order valence-electron chi connectivity index (χ4n) is 3.74. The molecule has 4 aromatic rings. The van der Waals surface area contributed by atoms with Crippen LogP contribution in [0.5, 0.6) is 11.5 Å². The van der Waals surface area contributed by atoms with Gasteiger partial charge in [0.15, 0.2) is 22.7 Å². The highest BCUT2D eigenvalue weighted by molar-refractivity contribution is 8.14. The molecule has 224 valence electrons. The molecule has 2 aromatic heterocycles. The van der Waals surface area contributed by atoms with E-state index >= 15 is 0 Å². The third-order valence-electron chi connectivity index (χ3n) is 5.76. The first-order chi connectivity index (χ1) is 20.2. The number of aromatic nitrogens is 4. The van der Waals surface area contributed by atoms with Crippen LogP contribution in [0.4, 0.5) is 10.3 Å². The fourth-order valence-corrected chi connectivity index (χ4v) is 5.80. The first-order valence-corrected chi connectivity index (χ1v) is 15.2. The van der Waals surface area contributed by atoms with Gasteiger partial charge in [0, 0.05) is 17.9 Å². The highest BCUT2D eigenvalue weighted by Gasteiger charge is 2.26. The van der Waals surface area contributed by atoms with Gasteiger partial charge in [-0.1, -0.05) is 23.9 Å². The topological polar surface area (TPSA) is 170 Å². The van der Waals surface area contributed by atoms with Crippen LogP contribution in [0.3, 0.4) is 0 Å². The first kappa shape index (κ1) is 31.2. The van der Waals surface area contributed by atoms with Crippen molar-refractivity contribution in [3.8, 4) is 11.5 Å². The minimum absolute atomic E-state index is 0.0447. The van der Waals surface area contributed by atoms with Crippen molar-refractivity contribution < 1.29 is 37.0 Å². The van der Waals surface area contributed by atoms with Crippen LogP contribution >= 0.6 is 19.4 Å². The molecule has 16 heteroatoms. The lowest BCUT2D eigenvalue weighted by Gasteiger charge is -2.19. The van der Waals surface area contributed by atoms with Gasteiger partial charge in [-0.05, 0) is 35.9 Å². The van der Waals surface area contributed by atoms with Gasteiger partial charge in [0.2, 0.25) is 11.1 Å². The van der Waals surface area contributed by atoms with Gasteiger partial charge in [0.25, 0.3) is 5.56 Å². The number of nitrogens with one attached hydrogen (secondary N) is 1. The highest BCUT2D eigenvalue weighted by atomic mass is 32.2. The van der Waals surface area contributed by atoms with Crippen molar-refractivity contribution in [2.45, 2.75) is 13.2 Å². The molecule has 2 heterocycles. The second-order valence-electron chi connectivity index (χ2n) is 8.65. The van der Waals surface area contributed by atoms with Crippen molar-refractivity contribution in [1.29, 1.82) is 0 Å². The molecule has 0 saturated heterocycles. The number of hydrogen-bond donors (Lipinski definition) is 2. The van der Waals surface area contributed by atoms with E-state index in [0.717, 1.165) is 11.8 Å². The number of fused-ring (bicyclic) bond motifs is 1. The minimum atomic E-state index is -3.85. The fraction of sp³-hybridized carbons (Fsp3) is 0.308. The van der Waals surface area contributed by atoms with Gasteiger partial charge in [-0.3, -0.25) is 19.1 Å². The summed E-state index contributed by atoms with van der Waals surface area (Å²) in [5.41, 5.74) is 6.41. The van der Waals surface area contributed by atoms with Crippen LogP contribution in [-0.4, -0.2) is 64.2 Å². The highest BCUT2D eigenvalue weighted by Crippen LogP contribution is 2.49. The number of imidazole rings is 1. The van der Waals surface area contributed by atoms with Crippen molar-refractivity contribution in [1.82, 2.24) is 19.5 Å². The Morgan fingerprint density at radius 3 is 2.69 bits per heavy atom. The SMILES string of the molecule is COc1ccc(C(=O)SCCOP(=O)(COCCn2cnc3c(=O)[nH]c(N)nc32)OCc2cccc(F)c2)cc1OC. The molecule has 0 saturated carbocycles. The number of carbonyl (C=O) groups excluding carboxylic acids is 1. The number of thioether (sulfide) groups is 1. The molecule has 0 aliphatic rings. The maximum absolute atomic E-state index is 13.6. The van der Waals surface area contributed by atoms with Crippen LogP contribution in [0.2, 0.25) is 0 Å². The number of nitrogen functional groups attached to an aromatic ring is 1. The second-order valence-corrected chi connectivity index (χ2v) is 11.7. The average molecular weight is 622 g/mol. The molecule has 0 bridgehead atoms. The van der Waals surface area contributed by atoms with E-state index < -0.39 is 25.3 Å². The molecule has 3 N–H and O–H groups in total. The third kappa shape index (κ3) is 8.17. The van der Waals surface area contributed by atoms with Crippen molar-refractivity contribution >= 4 is 41.6 Å². The Hall–Kier alpha value is -3.75. The zero-order chi connectivity index (χ0) is 30.1. The smallest absolute Gasteiger partial charge is 0.356 e. The van der Waals surface area contributed by atoms with Crippen molar-refractivity contribution in [3.63, 3.8) is 0 Å². The summed E-state index contributed by atoms with van der Waals surface area (Å²) in [5, 5.41) is -0.244. The molecule has 1 unspecified atom stereocenters. The Labute approximate surface area is 244 Å². The Balaban J connectivity index is 1.34. The number of methoxy groups -OCH3 is 2. The van der Waals surface area contributed by atoms with E-state index in [1.165, 1.54) is 38.7 Å². The van der Waals surface area contributed by atoms with Crippen LogP contribution in [0, 0.1) is 5.82 Å². The molecular weight excluding hydrogens is 592 g/mol. The molecule has 42 heavy (non-hydrogen) atoms. The van der Waals surface area contributed by atoms with Crippen LogP contribution in [0.25, 0.3) is 11.2 Å². The first-order valence-electron chi connectivity index (χ1n) is 12.5. The summed E-state index contributed by atoms with van der Waals surface area (Å²) in [6, 6.07) is 10.5. The molecule has 0 amide bonds. The summed E-state index contributed by atoms with van der Waals surface area (Å²) >= 11 is 0.966. The van der Waals surface area contributed by atoms with Crippen molar-refractivity contribution in [2.24, 2.45) is 0 Å². The largest absolute Gasteiger partial charge is 0.493 e. The van der Waals surface area contributed by atoms with E-state index in [0.29, 0.717) is 22.6 Å². The molecule has 0 aliphatic carbocycles. The van der Waals surface area contributed by atoms with E-state index in [2.05, 4.69) is 15.0 Å². The lowest BCUT2D eigenvalue weighted by atomic mass is 10.2. The van der Waals surface area contributed by atoms with Crippen LogP contribution in [-0.2, 0) is 31.5 Å². The second kappa shape index (κ2) is 14.4. The lowest BCUT2D eigenvalue weighted by molar-refractivity contribution is 0.108. The molecule has 0 radical (unpaired) electrons. The summed E-state index contributed by atoms with van der Waals surface area (Å²) in [6.07, 6.45) is 0.998. The normalized spacial score (nSPS) is 12.7. The Bertz CT molecular complexity index is 1650. The van der Waals surface area contributed by atoms with Gasteiger partial charge in [0.1, 0.15) is 12.2 Å². The zero-order valence-electron chi connectivity index (χ0n) is 22.8. The van der Waals surface area contributed by atoms with E-state index in [9.17, 15) is 18.5 Å². The van der Waals surface area contributed by atoms with Crippen molar-refractivity contribution in [3.05, 3.63) is 76.1 Å². The summed E-state index contributed by atoms with van der Waals surface area (Å²) in [7, 11) is -0.873. The predicted octanol–water partition coefficient (Wildman–Crippen LogP) is 3.83. The number of benzene rings is 2. The molecule has 0 aliphatic heterocycles. The maximum atomic E-state index is 13.6. The minimum Gasteiger partial charge on any atom is -0.493 e. The summed E-state index contributed by atoms with van der Waals surface area (Å²) in [4.78, 5) is 35.1. The number of H-pyrrole nitrogens is 1. The number of carbonyl (C=O) groups is 1. The molecule has 1 atom stereocenters. The maximum Gasteiger partial charge on any atom is 0.356 e. The van der Waals surface area contributed by atoms with E-state index in [-0.39, 0.29) is 54.3 Å². The Morgan fingerprint density at radius 1 is 1.12 bits per heavy atom. The van der Waals surface area contributed by atoms with Gasteiger partial charge < -0.3 is 33.6 Å². The molecule has 0 spiro atoms. The number of ether oxygens (including phenoxy) is 3. The van der Waals surface area contributed by atoms with E-state index in [1.54, 1.807) is 28.8 Å². The van der Waals surface area contributed by atoms with Gasteiger partial charge in [-0.15, -0.1) is 0 Å². The summed E-state index contributed by atoms with van der Waals surface area (Å²) < 4.78 is 55.9. The molecule has 13 nitrogen and oxygen atoms in total. The summed E-state index contributed by atoms with van der Waals surface area (Å²) in [5.74, 6) is 0.565. The number of nitrogens with zero attached hydrogens (tertiary/aromatic N) is 3. The number of nitrogens with two attached hydrogens (primary N) is 1. The monoisotopic (exact) mass is 621 g/mol. The van der Waals surface area contributed by atoms with E-state index in [4.69, 9.17) is 29.0 Å². The average Bonchev–Trinajstić information content (AvgIpc) is 3.39. The third-order valence-corrected chi connectivity index (χ3v) is 8.23. The number of rotatable bonds is 15. The number of hydrogen-bond acceptors (Lipinski definition) is 12. The van der Waals surface area contributed by atoms with Crippen LogP contribution < -0.4 is 20.8 Å². The van der Waals surface area contributed by atoms with Crippen LogP contribution in [0.15, 0.2) is 53.6 Å². The Kier molecular flexibility index (Phi) is 10.7. The molecule has 4 rings (SSSR count). The molecule has 0 fully saturated rings. The number of anilines is 1. The quantitative estimate of drug-likeness (QED) is 0.146. The predicted molar refractivity (Wildman–Crippen MR) is 154 cm³/mol. The number of aromatic amines is 1. The summed E-state index contributed by atoms with van der Waals surface area (Å²) in [6.45, 7) is -0.0190. The lowest BCUT2D eigenvalue weighted by Crippen LogP contribution is -2.13. The molecule has 2 aromatic carbocycles.